The highest BCUT2D eigenvalue weighted by Crippen LogP contribution is 2.16. The smallest absolute Gasteiger partial charge is 0.141 e. The number of methoxy groups -OCH3 is 1. The SMILES string of the molecule is COc1cccc(CN(C)CC2COCCC2=O)c1. The summed E-state index contributed by atoms with van der Waals surface area (Å²) in [6.07, 6.45) is 0.553. The summed E-state index contributed by atoms with van der Waals surface area (Å²) < 4.78 is 10.6. The van der Waals surface area contributed by atoms with Crippen molar-refractivity contribution in [3.63, 3.8) is 0 Å². The van der Waals surface area contributed by atoms with Crippen LogP contribution < -0.4 is 4.74 Å². The van der Waals surface area contributed by atoms with Crippen LogP contribution in [-0.2, 0) is 16.1 Å². The van der Waals surface area contributed by atoms with Crippen molar-refractivity contribution >= 4 is 5.78 Å². The number of nitrogens with zero attached hydrogens (tertiary/aromatic N) is 1. The summed E-state index contributed by atoms with van der Waals surface area (Å²) in [5, 5.41) is 0. The highest BCUT2D eigenvalue weighted by molar-refractivity contribution is 5.82. The minimum Gasteiger partial charge on any atom is -0.497 e. The number of ketones is 1. The first-order valence-corrected chi connectivity index (χ1v) is 6.61. The zero-order valence-corrected chi connectivity index (χ0v) is 11.6. The van der Waals surface area contributed by atoms with Crippen LogP contribution in [0.4, 0.5) is 0 Å². The summed E-state index contributed by atoms with van der Waals surface area (Å²) in [6.45, 7) is 2.69. The molecule has 0 amide bonds. The lowest BCUT2D eigenvalue weighted by Gasteiger charge is -2.26. The number of carbonyl (C=O) groups is 1. The van der Waals surface area contributed by atoms with E-state index in [4.69, 9.17) is 9.47 Å². The van der Waals surface area contributed by atoms with Crippen LogP contribution in [0.2, 0.25) is 0 Å². The minimum absolute atomic E-state index is 0.0179. The van der Waals surface area contributed by atoms with Crippen LogP contribution in [0.1, 0.15) is 12.0 Å². The van der Waals surface area contributed by atoms with Gasteiger partial charge in [-0.1, -0.05) is 12.1 Å². The van der Waals surface area contributed by atoms with Crippen molar-refractivity contribution in [2.24, 2.45) is 5.92 Å². The van der Waals surface area contributed by atoms with Gasteiger partial charge < -0.3 is 14.4 Å². The molecule has 1 saturated heterocycles. The van der Waals surface area contributed by atoms with Crippen LogP contribution in [-0.4, -0.2) is 44.6 Å². The maximum Gasteiger partial charge on any atom is 0.141 e. The van der Waals surface area contributed by atoms with Crippen molar-refractivity contribution in [3.05, 3.63) is 29.8 Å². The Hall–Kier alpha value is -1.39. The van der Waals surface area contributed by atoms with Gasteiger partial charge in [0.25, 0.3) is 0 Å². The van der Waals surface area contributed by atoms with E-state index in [2.05, 4.69) is 11.0 Å². The fourth-order valence-electron chi connectivity index (χ4n) is 2.37. The van der Waals surface area contributed by atoms with Gasteiger partial charge in [-0.05, 0) is 24.7 Å². The van der Waals surface area contributed by atoms with Crippen molar-refractivity contribution in [1.82, 2.24) is 4.90 Å². The molecule has 104 valence electrons. The molecule has 19 heavy (non-hydrogen) atoms. The van der Waals surface area contributed by atoms with Gasteiger partial charge in [-0.3, -0.25) is 4.79 Å². The van der Waals surface area contributed by atoms with Gasteiger partial charge in [-0.15, -0.1) is 0 Å². The first kappa shape index (κ1) is 14.0. The fourth-order valence-corrected chi connectivity index (χ4v) is 2.37. The molecule has 0 aromatic heterocycles. The van der Waals surface area contributed by atoms with Crippen LogP contribution >= 0.6 is 0 Å². The van der Waals surface area contributed by atoms with Crippen LogP contribution in [0.25, 0.3) is 0 Å². The number of benzene rings is 1. The molecule has 1 heterocycles. The number of carbonyl (C=O) groups excluding carboxylic acids is 1. The standard InChI is InChI=1S/C15H21NO3/c1-16(10-13-11-19-7-6-15(13)17)9-12-4-3-5-14(8-12)18-2/h3-5,8,13H,6-7,9-11H2,1-2H3. The molecule has 1 unspecified atom stereocenters. The van der Waals surface area contributed by atoms with Crippen molar-refractivity contribution < 1.29 is 14.3 Å². The number of rotatable bonds is 5. The summed E-state index contributed by atoms with van der Waals surface area (Å²) in [5.41, 5.74) is 1.19. The molecule has 2 rings (SSSR count). The molecule has 0 saturated carbocycles. The number of hydrogen-bond donors (Lipinski definition) is 0. The van der Waals surface area contributed by atoms with Gasteiger partial charge in [-0.25, -0.2) is 0 Å². The number of Topliss-reactive ketones (excluding diaryl/α,β-unsaturated/α-hetero) is 1. The highest BCUT2D eigenvalue weighted by Gasteiger charge is 2.23. The summed E-state index contributed by atoms with van der Waals surface area (Å²) in [7, 11) is 3.70. The monoisotopic (exact) mass is 263 g/mol. The Morgan fingerprint density at radius 2 is 2.32 bits per heavy atom. The van der Waals surface area contributed by atoms with E-state index in [1.165, 1.54) is 5.56 Å². The second kappa shape index (κ2) is 6.68. The van der Waals surface area contributed by atoms with E-state index < -0.39 is 0 Å². The second-order valence-corrected chi connectivity index (χ2v) is 5.04. The second-order valence-electron chi connectivity index (χ2n) is 5.04. The van der Waals surface area contributed by atoms with Gasteiger partial charge in [0, 0.05) is 19.5 Å². The fraction of sp³-hybridized carbons (Fsp3) is 0.533. The Bertz CT molecular complexity index is 433. The summed E-state index contributed by atoms with van der Waals surface area (Å²) in [5.74, 6) is 1.20. The summed E-state index contributed by atoms with van der Waals surface area (Å²) >= 11 is 0. The van der Waals surface area contributed by atoms with E-state index >= 15 is 0 Å². The zero-order valence-electron chi connectivity index (χ0n) is 11.6. The van der Waals surface area contributed by atoms with Gasteiger partial charge in [-0.2, -0.15) is 0 Å². The van der Waals surface area contributed by atoms with Crippen molar-refractivity contribution in [2.45, 2.75) is 13.0 Å². The molecule has 1 aromatic carbocycles. The van der Waals surface area contributed by atoms with Crippen LogP contribution in [0, 0.1) is 5.92 Å². The maximum atomic E-state index is 11.8. The van der Waals surface area contributed by atoms with Crippen LogP contribution in [0.15, 0.2) is 24.3 Å². The van der Waals surface area contributed by atoms with Crippen LogP contribution in [0.3, 0.4) is 0 Å². The Morgan fingerprint density at radius 1 is 1.47 bits per heavy atom. The van der Waals surface area contributed by atoms with Gasteiger partial charge in [0.1, 0.15) is 11.5 Å². The predicted octanol–water partition coefficient (Wildman–Crippen LogP) is 1.73. The average Bonchev–Trinajstić information content (AvgIpc) is 2.41. The van der Waals surface area contributed by atoms with E-state index in [1.54, 1.807) is 7.11 Å². The molecule has 1 atom stereocenters. The first-order valence-electron chi connectivity index (χ1n) is 6.61. The lowest BCUT2D eigenvalue weighted by atomic mass is 10.00. The van der Waals surface area contributed by atoms with E-state index in [-0.39, 0.29) is 5.92 Å². The maximum absolute atomic E-state index is 11.8. The number of hydrogen-bond acceptors (Lipinski definition) is 4. The molecule has 1 aliphatic rings. The molecular weight excluding hydrogens is 242 g/mol. The topological polar surface area (TPSA) is 38.8 Å². The largest absolute Gasteiger partial charge is 0.497 e. The molecule has 0 radical (unpaired) electrons. The molecule has 4 heteroatoms. The van der Waals surface area contributed by atoms with Gasteiger partial charge in [0.15, 0.2) is 0 Å². The Morgan fingerprint density at radius 3 is 3.05 bits per heavy atom. The lowest BCUT2D eigenvalue weighted by molar-refractivity contribution is -0.131. The molecule has 0 bridgehead atoms. The van der Waals surface area contributed by atoms with Crippen molar-refractivity contribution in [2.75, 3.05) is 33.9 Å². The van der Waals surface area contributed by atoms with Gasteiger partial charge in [0.05, 0.1) is 26.2 Å². The van der Waals surface area contributed by atoms with E-state index in [0.29, 0.717) is 25.4 Å². The average molecular weight is 263 g/mol. The first-order chi connectivity index (χ1) is 9.19. The molecule has 0 spiro atoms. The Balaban J connectivity index is 1.89. The molecule has 0 N–H and O–H groups in total. The lowest BCUT2D eigenvalue weighted by Crippen LogP contribution is -2.36. The molecule has 4 nitrogen and oxygen atoms in total. The zero-order chi connectivity index (χ0) is 13.7. The van der Waals surface area contributed by atoms with Crippen molar-refractivity contribution in [1.29, 1.82) is 0 Å². The third-order valence-electron chi connectivity index (χ3n) is 3.39. The Labute approximate surface area is 114 Å². The van der Waals surface area contributed by atoms with Gasteiger partial charge in [0.2, 0.25) is 0 Å². The molecule has 1 aliphatic heterocycles. The van der Waals surface area contributed by atoms with E-state index in [9.17, 15) is 4.79 Å². The van der Waals surface area contributed by atoms with Gasteiger partial charge >= 0.3 is 0 Å². The Kier molecular flexibility index (Phi) is 4.93. The molecule has 1 fully saturated rings. The predicted molar refractivity (Wildman–Crippen MR) is 73.3 cm³/mol. The third kappa shape index (κ3) is 4.04. The number of ether oxygens (including phenoxy) is 2. The van der Waals surface area contributed by atoms with Crippen molar-refractivity contribution in [3.8, 4) is 5.75 Å². The van der Waals surface area contributed by atoms with E-state index in [1.807, 2.05) is 25.2 Å². The normalized spacial score (nSPS) is 19.7. The highest BCUT2D eigenvalue weighted by atomic mass is 16.5. The summed E-state index contributed by atoms with van der Waals surface area (Å²) in [4.78, 5) is 13.9. The van der Waals surface area contributed by atoms with Crippen LogP contribution in [0.5, 0.6) is 5.75 Å². The quantitative estimate of drug-likeness (QED) is 0.811. The molecular formula is C15H21NO3. The summed E-state index contributed by atoms with van der Waals surface area (Å²) in [6, 6.07) is 8.01. The minimum atomic E-state index is 0.0179. The molecule has 0 aliphatic carbocycles. The van der Waals surface area contributed by atoms with E-state index in [0.717, 1.165) is 18.8 Å². The third-order valence-corrected chi connectivity index (χ3v) is 3.39. The molecule has 1 aromatic rings.